The summed E-state index contributed by atoms with van der Waals surface area (Å²) in [5.41, 5.74) is 1.87. The number of pyridine rings is 3. The number of halogens is 2. The van der Waals surface area contributed by atoms with E-state index in [0.717, 1.165) is 24.3 Å². The Hall–Kier alpha value is -3.85. The van der Waals surface area contributed by atoms with Gasteiger partial charge in [0.1, 0.15) is 17.5 Å². The first-order valence-corrected chi connectivity index (χ1v) is 12.6. The van der Waals surface area contributed by atoms with E-state index in [-0.39, 0.29) is 22.9 Å². The smallest absolute Gasteiger partial charge is 0.259 e. The number of fused-ring (bicyclic) bond motifs is 1. The third-order valence-electron chi connectivity index (χ3n) is 6.37. The Morgan fingerprint density at radius 2 is 1.84 bits per heavy atom. The molecule has 1 fully saturated rings. The van der Waals surface area contributed by atoms with E-state index in [1.807, 2.05) is 26.8 Å². The van der Waals surface area contributed by atoms with Crippen LogP contribution in [0.5, 0.6) is 0 Å². The van der Waals surface area contributed by atoms with Crippen LogP contribution in [0, 0.1) is 11.6 Å². The lowest BCUT2D eigenvalue weighted by Gasteiger charge is -2.31. The number of anilines is 3. The summed E-state index contributed by atoms with van der Waals surface area (Å²) in [7, 11) is 0. The summed E-state index contributed by atoms with van der Waals surface area (Å²) >= 11 is 0. The van der Waals surface area contributed by atoms with Gasteiger partial charge in [-0.15, -0.1) is 0 Å². The normalized spacial score (nSPS) is 13.8. The average molecular weight is 508 g/mol. The largest absolute Gasteiger partial charge is 0.393 e. The fourth-order valence-corrected chi connectivity index (χ4v) is 4.45. The van der Waals surface area contributed by atoms with Crippen molar-refractivity contribution in [3.8, 4) is 11.3 Å². The molecule has 0 bridgehead atoms. The van der Waals surface area contributed by atoms with Gasteiger partial charge in [-0.3, -0.25) is 4.79 Å². The summed E-state index contributed by atoms with van der Waals surface area (Å²) in [4.78, 5) is 26.7. The standard InChI is InChI=1S/C26H25F2N5O2.C2H6/c1-2-15-13-30-26(35)24-21(12-20(32-25(15)24)23-18(27)4-3-5-19(23)28)31-22-7-6-16(14-29-22)33-10-8-17(34)9-11-33;1-2/h3-7,12-14,17,34H,2,8-11H2,1H3,(H,30,35)(H,29,31,32);1-2H3. The minimum absolute atomic E-state index is 0.0828. The van der Waals surface area contributed by atoms with Crippen molar-refractivity contribution in [1.82, 2.24) is 15.0 Å². The average Bonchev–Trinajstić information content (AvgIpc) is 2.91. The monoisotopic (exact) mass is 507 g/mol. The summed E-state index contributed by atoms with van der Waals surface area (Å²) in [5.74, 6) is -1.00. The lowest BCUT2D eigenvalue weighted by Crippen LogP contribution is -2.35. The van der Waals surface area contributed by atoms with Gasteiger partial charge in [0, 0.05) is 19.3 Å². The molecule has 7 nitrogen and oxygen atoms in total. The number of aliphatic hydroxyl groups is 1. The van der Waals surface area contributed by atoms with Gasteiger partial charge in [-0.05, 0) is 55.2 Å². The van der Waals surface area contributed by atoms with Crippen molar-refractivity contribution >= 4 is 28.1 Å². The Balaban J connectivity index is 0.00000156. The van der Waals surface area contributed by atoms with E-state index in [9.17, 15) is 18.7 Å². The lowest BCUT2D eigenvalue weighted by atomic mass is 10.0. The quantitative estimate of drug-likeness (QED) is 0.328. The van der Waals surface area contributed by atoms with Crippen LogP contribution < -0.4 is 15.8 Å². The SMILES string of the molecule is CC.CCc1c[nH]c(=O)c2c(Nc3ccc(N4CCC(O)CC4)cn3)cc(-c3c(F)cccc3F)nc12. The first-order chi connectivity index (χ1) is 17.9. The van der Waals surface area contributed by atoms with Gasteiger partial charge in [-0.25, -0.2) is 18.7 Å². The Kier molecular flexibility index (Phi) is 8.13. The second-order valence-corrected chi connectivity index (χ2v) is 8.62. The number of aryl methyl sites for hydroxylation is 1. The van der Waals surface area contributed by atoms with Crippen molar-refractivity contribution in [2.75, 3.05) is 23.3 Å². The van der Waals surface area contributed by atoms with Crippen molar-refractivity contribution in [3.63, 3.8) is 0 Å². The van der Waals surface area contributed by atoms with Crippen LogP contribution in [0.3, 0.4) is 0 Å². The van der Waals surface area contributed by atoms with Gasteiger partial charge in [0.05, 0.1) is 45.8 Å². The van der Waals surface area contributed by atoms with Crippen LogP contribution in [0.15, 0.2) is 53.6 Å². The Bertz CT molecular complexity index is 1410. The second-order valence-electron chi connectivity index (χ2n) is 8.62. The Morgan fingerprint density at radius 1 is 1.14 bits per heavy atom. The van der Waals surface area contributed by atoms with Gasteiger partial charge in [0.2, 0.25) is 0 Å². The number of piperidine rings is 1. The van der Waals surface area contributed by atoms with Crippen LogP contribution in [0.2, 0.25) is 0 Å². The molecule has 0 radical (unpaired) electrons. The van der Waals surface area contributed by atoms with Crippen molar-refractivity contribution in [3.05, 3.63) is 76.3 Å². The molecular weight excluding hydrogens is 476 g/mol. The van der Waals surface area contributed by atoms with Crippen molar-refractivity contribution in [1.29, 1.82) is 0 Å². The molecule has 4 aromatic rings. The summed E-state index contributed by atoms with van der Waals surface area (Å²) in [6.07, 6.45) is 5.02. The Morgan fingerprint density at radius 3 is 2.46 bits per heavy atom. The van der Waals surface area contributed by atoms with Crippen LogP contribution in [0.25, 0.3) is 22.2 Å². The molecular formula is C28H31F2N5O2. The van der Waals surface area contributed by atoms with Gasteiger partial charge in [-0.1, -0.05) is 26.8 Å². The Labute approximate surface area is 214 Å². The zero-order chi connectivity index (χ0) is 26.5. The molecule has 1 aliphatic heterocycles. The fraction of sp³-hybridized carbons (Fsp3) is 0.321. The molecule has 194 valence electrons. The highest BCUT2D eigenvalue weighted by atomic mass is 19.1. The molecule has 1 aliphatic rings. The van der Waals surface area contributed by atoms with E-state index >= 15 is 0 Å². The predicted molar refractivity (Wildman–Crippen MR) is 143 cm³/mol. The van der Waals surface area contributed by atoms with Crippen LogP contribution >= 0.6 is 0 Å². The van der Waals surface area contributed by atoms with Crippen LogP contribution in [0.4, 0.5) is 26.0 Å². The molecule has 0 unspecified atom stereocenters. The predicted octanol–water partition coefficient (Wildman–Crippen LogP) is 5.56. The van der Waals surface area contributed by atoms with Gasteiger partial charge in [-0.2, -0.15) is 0 Å². The molecule has 0 saturated carbocycles. The van der Waals surface area contributed by atoms with Gasteiger partial charge in [0.25, 0.3) is 5.56 Å². The van der Waals surface area contributed by atoms with E-state index in [0.29, 0.717) is 41.7 Å². The molecule has 3 aromatic heterocycles. The number of aliphatic hydroxyl groups excluding tert-OH is 1. The highest BCUT2D eigenvalue weighted by Crippen LogP contribution is 2.32. The minimum Gasteiger partial charge on any atom is -0.393 e. The summed E-state index contributed by atoms with van der Waals surface area (Å²) in [6, 6.07) is 8.82. The zero-order valence-corrected chi connectivity index (χ0v) is 21.2. The zero-order valence-electron chi connectivity index (χ0n) is 21.2. The van der Waals surface area contributed by atoms with Crippen molar-refractivity contribution in [2.24, 2.45) is 0 Å². The van der Waals surface area contributed by atoms with E-state index in [1.54, 1.807) is 18.5 Å². The summed E-state index contributed by atoms with van der Waals surface area (Å²) < 4.78 is 29.2. The molecule has 0 amide bonds. The molecule has 9 heteroatoms. The number of hydrogen-bond donors (Lipinski definition) is 3. The van der Waals surface area contributed by atoms with E-state index in [4.69, 9.17) is 0 Å². The first kappa shape index (κ1) is 26.2. The third-order valence-corrected chi connectivity index (χ3v) is 6.37. The number of aromatic amines is 1. The molecule has 0 aliphatic carbocycles. The van der Waals surface area contributed by atoms with Gasteiger partial charge in [0.15, 0.2) is 0 Å². The lowest BCUT2D eigenvalue weighted by molar-refractivity contribution is 0.145. The molecule has 1 aromatic carbocycles. The van der Waals surface area contributed by atoms with Crippen LogP contribution in [-0.4, -0.2) is 39.3 Å². The molecule has 37 heavy (non-hydrogen) atoms. The summed E-state index contributed by atoms with van der Waals surface area (Å²) in [5, 5.41) is 13.2. The fourth-order valence-electron chi connectivity index (χ4n) is 4.45. The number of rotatable bonds is 5. The molecule has 3 N–H and O–H groups in total. The molecule has 4 heterocycles. The number of benzene rings is 1. The first-order valence-electron chi connectivity index (χ1n) is 12.6. The third kappa shape index (κ3) is 5.46. The molecule has 1 saturated heterocycles. The summed E-state index contributed by atoms with van der Waals surface area (Å²) in [6.45, 7) is 7.41. The maximum atomic E-state index is 14.6. The molecule has 5 rings (SSSR count). The number of H-pyrrole nitrogens is 1. The number of nitrogens with one attached hydrogen (secondary N) is 2. The van der Waals surface area contributed by atoms with Crippen molar-refractivity contribution in [2.45, 2.75) is 46.1 Å². The molecule has 0 atom stereocenters. The molecule has 0 spiro atoms. The van der Waals surface area contributed by atoms with Crippen LogP contribution in [-0.2, 0) is 6.42 Å². The number of hydrogen-bond acceptors (Lipinski definition) is 6. The highest BCUT2D eigenvalue weighted by molar-refractivity contribution is 5.96. The topological polar surface area (TPSA) is 94.1 Å². The number of nitrogens with zero attached hydrogens (tertiary/aromatic N) is 3. The van der Waals surface area contributed by atoms with E-state index < -0.39 is 11.6 Å². The van der Waals surface area contributed by atoms with Crippen molar-refractivity contribution < 1.29 is 13.9 Å². The highest BCUT2D eigenvalue weighted by Gasteiger charge is 2.20. The maximum Gasteiger partial charge on any atom is 0.259 e. The maximum absolute atomic E-state index is 14.6. The minimum atomic E-state index is -0.736. The van der Waals surface area contributed by atoms with E-state index in [1.165, 1.54) is 24.3 Å². The number of aromatic nitrogens is 3. The van der Waals surface area contributed by atoms with Gasteiger partial charge >= 0.3 is 0 Å². The second kappa shape index (κ2) is 11.5. The van der Waals surface area contributed by atoms with E-state index in [2.05, 4.69) is 25.2 Å². The van der Waals surface area contributed by atoms with Crippen LogP contribution in [0.1, 0.15) is 39.2 Å². The van der Waals surface area contributed by atoms with Gasteiger partial charge < -0.3 is 20.3 Å².